The second-order valence-electron chi connectivity index (χ2n) is 10.8. The van der Waals surface area contributed by atoms with E-state index >= 15 is 0 Å². The van der Waals surface area contributed by atoms with E-state index in [0.717, 1.165) is 84.9 Å². The van der Waals surface area contributed by atoms with Gasteiger partial charge >= 0.3 is 5.97 Å². The summed E-state index contributed by atoms with van der Waals surface area (Å²) in [6, 6.07) is 15.4. The topological polar surface area (TPSA) is 107 Å². The van der Waals surface area contributed by atoms with Crippen molar-refractivity contribution >= 4 is 39.6 Å². The normalized spacial score (nSPS) is 13.7. The van der Waals surface area contributed by atoms with Crippen LogP contribution < -0.4 is 5.73 Å². The molecule has 5 rings (SSSR count). The van der Waals surface area contributed by atoms with E-state index in [0.29, 0.717) is 37.6 Å². The Labute approximate surface area is 241 Å². The highest BCUT2D eigenvalue weighted by Gasteiger charge is 2.22. The van der Waals surface area contributed by atoms with Crippen molar-refractivity contribution in [2.24, 2.45) is 0 Å². The maximum absolute atomic E-state index is 13.6. The zero-order valence-corrected chi connectivity index (χ0v) is 24.1. The first-order valence-corrected chi connectivity index (χ1v) is 14.7. The van der Waals surface area contributed by atoms with Crippen molar-refractivity contribution in [2.45, 2.75) is 58.5 Å². The number of nitrogen functional groups attached to an aromatic ring is 1. The number of amides is 1. The molecule has 4 aromatic rings. The summed E-state index contributed by atoms with van der Waals surface area (Å²) in [6.45, 7) is 6.24. The first kappa shape index (κ1) is 28.5. The summed E-state index contributed by atoms with van der Waals surface area (Å²) in [5.74, 6) is 1.18. The van der Waals surface area contributed by atoms with E-state index in [1.165, 1.54) is 7.11 Å². The number of likely N-dealkylation sites (tertiary alicyclic amines) is 1. The number of fused-ring (bicyclic) bond motifs is 3. The van der Waals surface area contributed by atoms with Gasteiger partial charge < -0.3 is 19.9 Å². The SMILES string of the molecule is CCCCc1nc2c(N)nc3ccccc3c2n1CCCN(Cc1cccc(C(=O)OC)c1)C(=O)CN1CCCC1. The monoisotopic (exact) mass is 556 g/mol. The number of carbonyl (C=O) groups is 2. The Morgan fingerprint density at radius 3 is 2.63 bits per heavy atom. The molecule has 0 aliphatic carbocycles. The molecule has 2 aromatic carbocycles. The zero-order valence-electron chi connectivity index (χ0n) is 24.1. The third-order valence-electron chi connectivity index (χ3n) is 7.88. The lowest BCUT2D eigenvalue weighted by Crippen LogP contribution is -2.39. The lowest BCUT2D eigenvalue weighted by atomic mass is 10.1. The fourth-order valence-corrected chi connectivity index (χ4v) is 5.75. The number of nitrogens with zero attached hydrogens (tertiary/aromatic N) is 5. The molecule has 3 heterocycles. The van der Waals surface area contributed by atoms with Crippen LogP contribution in [0.25, 0.3) is 21.9 Å². The second-order valence-corrected chi connectivity index (χ2v) is 10.8. The average Bonchev–Trinajstić information content (AvgIpc) is 3.63. The maximum Gasteiger partial charge on any atom is 0.337 e. The molecular formula is C32H40N6O3. The Hall–Kier alpha value is -3.98. The molecule has 1 saturated heterocycles. The first-order valence-electron chi connectivity index (χ1n) is 14.7. The van der Waals surface area contributed by atoms with Gasteiger partial charge in [-0.3, -0.25) is 9.69 Å². The number of benzene rings is 2. The minimum Gasteiger partial charge on any atom is -0.465 e. The Kier molecular flexibility index (Phi) is 9.14. The highest BCUT2D eigenvalue weighted by Crippen LogP contribution is 2.29. The summed E-state index contributed by atoms with van der Waals surface area (Å²) in [7, 11) is 1.38. The first-order chi connectivity index (χ1) is 20.0. The molecule has 41 heavy (non-hydrogen) atoms. The van der Waals surface area contributed by atoms with Crippen LogP contribution in [0.3, 0.4) is 0 Å². The Morgan fingerprint density at radius 1 is 1.05 bits per heavy atom. The van der Waals surface area contributed by atoms with E-state index in [9.17, 15) is 9.59 Å². The van der Waals surface area contributed by atoms with Gasteiger partial charge in [0.1, 0.15) is 11.3 Å². The van der Waals surface area contributed by atoms with Gasteiger partial charge in [-0.1, -0.05) is 43.7 Å². The van der Waals surface area contributed by atoms with Crippen LogP contribution >= 0.6 is 0 Å². The second kappa shape index (κ2) is 13.1. The van der Waals surface area contributed by atoms with Crippen LogP contribution in [0.15, 0.2) is 48.5 Å². The molecule has 0 atom stereocenters. The Morgan fingerprint density at radius 2 is 1.85 bits per heavy atom. The molecule has 2 N–H and O–H groups in total. The molecule has 0 spiro atoms. The van der Waals surface area contributed by atoms with Crippen molar-refractivity contribution in [3.63, 3.8) is 0 Å². The van der Waals surface area contributed by atoms with E-state index in [1.54, 1.807) is 6.07 Å². The van der Waals surface area contributed by atoms with Crippen LogP contribution in [0.4, 0.5) is 5.82 Å². The van der Waals surface area contributed by atoms with Crippen LogP contribution in [0.1, 0.15) is 60.8 Å². The lowest BCUT2D eigenvalue weighted by Gasteiger charge is -2.26. The molecule has 9 heteroatoms. The van der Waals surface area contributed by atoms with E-state index < -0.39 is 0 Å². The summed E-state index contributed by atoms with van der Waals surface area (Å²) in [5, 5.41) is 1.04. The number of hydrogen-bond donors (Lipinski definition) is 1. The lowest BCUT2D eigenvalue weighted by molar-refractivity contribution is -0.132. The van der Waals surface area contributed by atoms with Crippen molar-refractivity contribution in [1.29, 1.82) is 0 Å². The highest BCUT2D eigenvalue weighted by molar-refractivity contribution is 6.06. The van der Waals surface area contributed by atoms with Gasteiger partial charge in [0.25, 0.3) is 0 Å². The van der Waals surface area contributed by atoms with E-state index in [4.69, 9.17) is 15.5 Å². The van der Waals surface area contributed by atoms with Gasteiger partial charge in [-0.15, -0.1) is 0 Å². The third kappa shape index (κ3) is 6.51. The number of unbranched alkanes of at least 4 members (excludes halogenated alkanes) is 1. The predicted octanol–water partition coefficient (Wildman–Crippen LogP) is 4.81. The van der Waals surface area contributed by atoms with E-state index in [-0.39, 0.29) is 11.9 Å². The number of para-hydroxylation sites is 1. The highest BCUT2D eigenvalue weighted by atomic mass is 16.5. The molecule has 1 amide bonds. The van der Waals surface area contributed by atoms with Crippen molar-refractivity contribution in [2.75, 3.05) is 39.0 Å². The number of carbonyl (C=O) groups excluding carboxylic acids is 2. The summed E-state index contributed by atoms with van der Waals surface area (Å²) < 4.78 is 7.19. The van der Waals surface area contributed by atoms with Crippen LogP contribution in [0, 0.1) is 0 Å². The molecule has 2 aromatic heterocycles. The largest absolute Gasteiger partial charge is 0.465 e. The number of rotatable bonds is 12. The van der Waals surface area contributed by atoms with E-state index in [1.807, 2.05) is 41.3 Å². The number of pyridine rings is 1. The van der Waals surface area contributed by atoms with Crippen LogP contribution in [-0.2, 0) is 29.0 Å². The van der Waals surface area contributed by atoms with Gasteiger partial charge in [-0.2, -0.15) is 0 Å². The van der Waals surface area contributed by atoms with Gasteiger partial charge in [0.15, 0.2) is 5.82 Å². The summed E-state index contributed by atoms with van der Waals surface area (Å²) in [4.78, 5) is 39.4. The van der Waals surface area contributed by atoms with Crippen molar-refractivity contribution in [1.82, 2.24) is 24.3 Å². The number of aromatic nitrogens is 3. The molecule has 0 unspecified atom stereocenters. The Balaban J connectivity index is 1.41. The van der Waals surface area contributed by atoms with Gasteiger partial charge in [-0.05, 0) is 62.5 Å². The molecule has 216 valence electrons. The van der Waals surface area contributed by atoms with Crippen molar-refractivity contribution in [3.05, 3.63) is 65.5 Å². The maximum atomic E-state index is 13.6. The van der Waals surface area contributed by atoms with Gasteiger partial charge in [0.2, 0.25) is 5.91 Å². The number of esters is 1. The molecular weight excluding hydrogens is 516 g/mol. The number of methoxy groups -OCH3 is 1. The molecule has 1 fully saturated rings. The fraction of sp³-hybridized carbons (Fsp3) is 0.438. The summed E-state index contributed by atoms with van der Waals surface area (Å²) in [6.07, 6.45) is 5.98. The van der Waals surface area contributed by atoms with Crippen LogP contribution in [0.5, 0.6) is 0 Å². The number of ether oxygens (including phenoxy) is 1. The third-order valence-corrected chi connectivity index (χ3v) is 7.88. The molecule has 0 saturated carbocycles. The summed E-state index contributed by atoms with van der Waals surface area (Å²) in [5.41, 5.74) is 10.4. The van der Waals surface area contributed by atoms with E-state index in [2.05, 4.69) is 27.4 Å². The zero-order chi connectivity index (χ0) is 28.8. The molecule has 1 aliphatic heterocycles. The standard InChI is InChI=1S/C32H40N6O3/c1-3-4-15-27-35-29-30(25-13-5-6-14-26(25)34-31(29)33)38(27)19-10-18-37(28(39)22-36-16-7-8-17-36)21-23-11-9-12-24(20-23)32(40)41-2/h5-6,9,11-14,20H,3-4,7-8,10,15-19,21-22H2,1-2H3,(H2,33,34). The van der Waals surface area contributed by atoms with Crippen molar-refractivity contribution < 1.29 is 14.3 Å². The number of nitrogens with two attached hydrogens (primary N) is 1. The molecule has 0 radical (unpaired) electrons. The Bertz CT molecular complexity index is 1520. The minimum atomic E-state index is -0.380. The minimum absolute atomic E-state index is 0.107. The number of anilines is 1. The molecule has 1 aliphatic rings. The number of hydrogen-bond acceptors (Lipinski definition) is 7. The molecule has 0 bridgehead atoms. The van der Waals surface area contributed by atoms with Gasteiger partial charge in [-0.25, -0.2) is 14.8 Å². The van der Waals surface area contributed by atoms with Crippen LogP contribution in [-0.4, -0.2) is 69.5 Å². The summed E-state index contributed by atoms with van der Waals surface area (Å²) >= 11 is 0. The predicted molar refractivity (Wildman–Crippen MR) is 162 cm³/mol. The molecule has 9 nitrogen and oxygen atoms in total. The quantitative estimate of drug-likeness (QED) is 0.250. The fourth-order valence-electron chi connectivity index (χ4n) is 5.75. The number of aryl methyl sites for hydroxylation is 2. The van der Waals surface area contributed by atoms with Crippen molar-refractivity contribution in [3.8, 4) is 0 Å². The average molecular weight is 557 g/mol. The van der Waals surface area contributed by atoms with Gasteiger partial charge in [0.05, 0.1) is 30.3 Å². The number of imidazole rings is 1. The van der Waals surface area contributed by atoms with Gasteiger partial charge in [0, 0.05) is 31.4 Å². The smallest absolute Gasteiger partial charge is 0.337 e. The van der Waals surface area contributed by atoms with Crippen LogP contribution in [0.2, 0.25) is 0 Å².